The lowest BCUT2D eigenvalue weighted by Gasteiger charge is -2.23. The maximum atomic E-state index is 5.03. The maximum Gasteiger partial charge on any atom is 0.115 e. The van der Waals surface area contributed by atoms with Crippen LogP contribution in [0.5, 0.6) is 0 Å². The highest BCUT2D eigenvalue weighted by molar-refractivity contribution is 7.10. The summed E-state index contributed by atoms with van der Waals surface area (Å²) in [4.78, 5) is 5.03. The van der Waals surface area contributed by atoms with Crippen LogP contribution in [0.15, 0.2) is 66.0 Å². The van der Waals surface area contributed by atoms with Gasteiger partial charge >= 0.3 is 0 Å². The van der Waals surface area contributed by atoms with Crippen molar-refractivity contribution in [2.24, 2.45) is 0 Å². The van der Waals surface area contributed by atoms with E-state index >= 15 is 0 Å². The predicted octanol–water partition coefficient (Wildman–Crippen LogP) is 8.38. The summed E-state index contributed by atoms with van der Waals surface area (Å²) in [7, 11) is 0. The van der Waals surface area contributed by atoms with Crippen molar-refractivity contribution in [2.45, 2.75) is 52.5 Å². The molecule has 1 aromatic heterocycles. The number of rotatable bonds is 6. The van der Waals surface area contributed by atoms with Crippen LogP contribution in [-0.4, -0.2) is 4.98 Å². The van der Waals surface area contributed by atoms with Crippen LogP contribution in [0.1, 0.15) is 68.6 Å². The van der Waals surface area contributed by atoms with Crippen molar-refractivity contribution in [3.8, 4) is 11.3 Å². The van der Waals surface area contributed by atoms with Gasteiger partial charge in [0.1, 0.15) is 5.01 Å². The van der Waals surface area contributed by atoms with E-state index in [0.717, 1.165) is 10.7 Å². The molecule has 0 saturated heterocycles. The molecule has 0 aliphatic heterocycles. The molecular formula is C27H30N2S. The topological polar surface area (TPSA) is 24.9 Å². The molecule has 4 aromatic rings. The third kappa shape index (κ3) is 3.99. The molecule has 0 aliphatic rings. The van der Waals surface area contributed by atoms with Crippen molar-refractivity contribution in [3.05, 3.63) is 82.2 Å². The minimum Gasteiger partial charge on any atom is -0.376 e. The van der Waals surface area contributed by atoms with Crippen molar-refractivity contribution in [1.82, 2.24) is 4.98 Å². The van der Waals surface area contributed by atoms with E-state index in [0.29, 0.717) is 11.8 Å². The number of hydrogen-bond donors (Lipinski definition) is 1. The van der Waals surface area contributed by atoms with Crippen LogP contribution in [0.2, 0.25) is 0 Å². The largest absolute Gasteiger partial charge is 0.376 e. The van der Waals surface area contributed by atoms with E-state index in [1.165, 1.54) is 33.2 Å². The number of hydrogen-bond acceptors (Lipinski definition) is 3. The normalized spacial score (nSPS) is 12.6. The zero-order chi connectivity index (χ0) is 21.3. The van der Waals surface area contributed by atoms with Crippen molar-refractivity contribution in [2.75, 3.05) is 5.32 Å². The molecule has 1 heterocycles. The minimum atomic E-state index is 0.149. The van der Waals surface area contributed by atoms with Crippen LogP contribution in [0.25, 0.3) is 22.0 Å². The quantitative estimate of drug-likeness (QED) is 0.343. The zero-order valence-corrected chi connectivity index (χ0v) is 19.3. The second kappa shape index (κ2) is 8.61. The highest BCUT2D eigenvalue weighted by Crippen LogP contribution is 2.36. The Morgan fingerprint density at radius 3 is 2.10 bits per heavy atom. The average molecular weight is 415 g/mol. The van der Waals surface area contributed by atoms with Gasteiger partial charge in [-0.15, -0.1) is 11.3 Å². The van der Waals surface area contributed by atoms with Crippen molar-refractivity contribution < 1.29 is 0 Å². The van der Waals surface area contributed by atoms with Crippen LogP contribution in [0.3, 0.4) is 0 Å². The van der Waals surface area contributed by atoms with E-state index < -0.39 is 0 Å². The SMILES string of the molecule is CC(C)c1cccc(C(C)C)c1NC(C)c1nc(-c2cccc3ccccc23)cs1. The van der Waals surface area contributed by atoms with Crippen molar-refractivity contribution >= 4 is 27.8 Å². The van der Waals surface area contributed by atoms with Gasteiger partial charge in [-0.2, -0.15) is 0 Å². The molecule has 4 rings (SSSR count). The first-order valence-electron chi connectivity index (χ1n) is 10.8. The molecule has 0 radical (unpaired) electrons. The first kappa shape index (κ1) is 20.6. The van der Waals surface area contributed by atoms with Gasteiger partial charge < -0.3 is 5.32 Å². The van der Waals surface area contributed by atoms with Gasteiger partial charge in [0, 0.05) is 16.6 Å². The number of fused-ring (bicyclic) bond motifs is 1. The lowest BCUT2D eigenvalue weighted by Crippen LogP contribution is -2.11. The Morgan fingerprint density at radius 1 is 0.767 bits per heavy atom. The smallest absolute Gasteiger partial charge is 0.115 e. The van der Waals surface area contributed by atoms with Crippen LogP contribution in [0, 0.1) is 0 Å². The molecule has 3 aromatic carbocycles. The summed E-state index contributed by atoms with van der Waals surface area (Å²) in [6, 6.07) is 21.8. The molecule has 0 fully saturated rings. The molecular weight excluding hydrogens is 384 g/mol. The number of anilines is 1. The summed E-state index contributed by atoms with van der Waals surface area (Å²) in [5.74, 6) is 0.946. The number of nitrogens with zero attached hydrogens (tertiary/aromatic N) is 1. The third-order valence-corrected chi connectivity index (χ3v) is 6.72. The van der Waals surface area contributed by atoms with E-state index in [-0.39, 0.29) is 6.04 Å². The number of nitrogens with one attached hydrogen (secondary N) is 1. The molecule has 1 N–H and O–H groups in total. The first-order valence-corrected chi connectivity index (χ1v) is 11.7. The van der Waals surface area contributed by atoms with Gasteiger partial charge in [-0.25, -0.2) is 4.98 Å². The maximum absolute atomic E-state index is 5.03. The molecule has 3 heteroatoms. The summed E-state index contributed by atoms with van der Waals surface area (Å²) in [6.45, 7) is 11.3. The number of benzene rings is 3. The third-order valence-electron chi connectivity index (χ3n) is 5.69. The fraction of sp³-hybridized carbons (Fsp3) is 0.296. The van der Waals surface area contributed by atoms with E-state index in [9.17, 15) is 0 Å². The Morgan fingerprint density at radius 2 is 1.40 bits per heavy atom. The molecule has 1 atom stereocenters. The first-order chi connectivity index (χ1) is 14.5. The Kier molecular flexibility index (Phi) is 5.92. The summed E-state index contributed by atoms with van der Waals surface area (Å²) in [6.07, 6.45) is 0. The Labute approximate surface area is 184 Å². The van der Waals surface area contributed by atoms with Gasteiger partial charge in [0.2, 0.25) is 0 Å². The number of aromatic nitrogens is 1. The molecule has 30 heavy (non-hydrogen) atoms. The number of para-hydroxylation sites is 1. The van der Waals surface area contributed by atoms with E-state index in [1.54, 1.807) is 11.3 Å². The van der Waals surface area contributed by atoms with E-state index in [4.69, 9.17) is 4.98 Å². The van der Waals surface area contributed by atoms with Crippen molar-refractivity contribution in [3.63, 3.8) is 0 Å². The summed E-state index contributed by atoms with van der Waals surface area (Å²) in [5, 5.41) is 9.62. The average Bonchev–Trinajstić information content (AvgIpc) is 3.23. The molecule has 0 amide bonds. The van der Waals surface area contributed by atoms with Gasteiger partial charge in [-0.1, -0.05) is 88.4 Å². The molecule has 1 unspecified atom stereocenters. The standard InChI is InChI=1S/C27H30N2S/c1-17(2)21-13-9-14-22(18(3)4)26(21)28-19(5)27-29-25(16-30-27)24-15-8-11-20-10-6-7-12-23(20)24/h6-19,28H,1-5H3. The van der Waals surface area contributed by atoms with Gasteiger partial charge in [-0.05, 0) is 40.7 Å². The molecule has 0 spiro atoms. The molecule has 0 saturated carbocycles. The molecule has 154 valence electrons. The van der Waals surface area contributed by atoms with Gasteiger partial charge in [0.15, 0.2) is 0 Å². The van der Waals surface area contributed by atoms with E-state index in [2.05, 4.69) is 106 Å². The lowest BCUT2D eigenvalue weighted by molar-refractivity contribution is 0.808. The second-order valence-electron chi connectivity index (χ2n) is 8.58. The van der Waals surface area contributed by atoms with Crippen LogP contribution >= 0.6 is 11.3 Å². The summed E-state index contributed by atoms with van der Waals surface area (Å²) < 4.78 is 0. The summed E-state index contributed by atoms with van der Waals surface area (Å²) >= 11 is 1.74. The van der Waals surface area contributed by atoms with Crippen LogP contribution in [0.4, 0.5) is 5.69 Å². The fourth-order valence-corrected chi connectivity index (χ4v) is 4.88. The minimum absolute atomic E-state index is 0.149. The number of thiazole rings is 1. The lowest BCUT2D eigenvalue weighted by atomic mass is 9.92. The van der Waals surface area contributed by atoms with Crippen LogP contribution in [-0.2, 0) is 0 Å². The van der Waals surface area contributed by atoms with Gasteiger partial charge in [0.05, 0.1) is 11.7 Å². The van der Waals surface area contributed by atoms with E-state index in [1.807, 2.05) is 0 Å². The highest BCUT2D eigenvalue weighted by Gasteiger charge is 2.18. The summed E-state index contributed by atoms with van der Waals surface area (Å²) in [5.41, 5.74) is 6.28. The second-order valence-corrected chi connectivity index (χ2v) is 9.47. The zero-order valence-electron chi connectivity index (χ0n) is 18.4. The van der Waals surface area contributed by atoms with Gasteiger partial charge in [-0.3, -0.25) is 0 Å². The Bertz CT molecular complexity index is 1120. The fourth-order valence-electron chi connectivity index (χ4n) is 4.05. The Balaban J connectivity index is 1.67. The monoisotopic (exact) mass is 414 g/mol. The highest BCUT2D eigenvalue weighted by atomic mass is 32.1. The van der Waals surface area contributed by atoms with Crippen LogP contribution < -0.4 is 5.32 Å². The molecule has 2 nitrogen and oxygen atoms in total. The molecule has 0 aliphatic carbocycles. The van der Waals surface area contributed by atoms with Crippen molar-refractivity contribution in [1.29, 1.82) is 0 Å². The van der Waals surface area contributed by atoms with Gasteiger partial charge in [0.25, 0.3) is 0 Å². The Hall–Kier alpha value is -2.65. The molecule has 0 bridgehead atoms. The predicted molar refractivity (Wildman–Crippen MR) is 132 cm³/mol.